The standard InChI is InChI=1S/C11H15N3O/c1-8(12)11(15)14-6-4-10-9(7-14)3-2-5-13-10/h2-3,5,8H,4,6-7,12H2,1H3. The quantitative estimate of drug-likeness (QED) is 0.718. The van der Waals surface area contributed by atoms with Crippen LogP contribution in [0.25, 0.3) is 0 Å². The van der Waals surface area contributed by atoms with Crippen LogP contribution in [0, 0.1) is 0 Å². The topological polar surface area (TPSA) is 59.2 Å². The van der Waals surface area contributed by atoms with Gasteiger partial charge in [-0.25, -0.2) is 0 Å². The summed E-state index contributed by atoms with van der Waals surface area (Å²) in [7, 11) is 0. The second-order valence-corrected chi connectivity index (χ2v) is 3.91. The minimum Gasteiger partial charge on any atom is -0.337 e. The van der Waals surface area contributed by atoms with E-state index in [0.29, 0.717) is 6.54 Å². The van der Waals surface area contributed by atoms with Crippen molar-refractivity contribution in [1.29, 1.82) is 0 Å². The summed E-state index contributed by atoms with van der Waals surface area (Å²) in [6, 6.07) is 3.50. The van der Waals surface area contributed by atoms with E-state index in [1.807, 2.05) is 12.1 Å². The second kappa shape index (κ2) is 3.98. The first-order chi connectivity index (χ1) is 7.18. The van der Waals surface area contributed by atoms with E-state index in [2.05, 4.69) is 4.98 Å². The molecule has 2 heterocycles. The zero-order valence-corrected chi connectivity index (χ0v) is 8.81. The normalized spacial score (nSPS) is 17.1. The molecule has 0 aromatic carbocycles. The van der Waals surface area contributed by atoms with Crippen molar-refractivity contribution in [3.8, 4) is 0 Å². The van der Waals surface area contributed by atoms with Crippen molar-refractivity contribution in [1.82, 2.24) is 9.88 Å². The van der Waals surface area contributed by atoms with Crippen LogP contribution in [0.5, 0.6) is 0 Å². The molecule has 1 aromatic rings. The van der Waals surface area contributed by atoms with Gasteiger partial charge < -0.3 is 10.6 Å². The molecule has 0 bridgehead atoms. The summed E-state index contributed by atoms with van der Waals surface area (Å²) in [5, 5.41) is 0. The lowest BCUT2D eigenvalue weighted by atomic mass is 10.1. The fourth-order valence-electron chi connectivity index (χ4n) is 1.84. The molecule has 4 heteroatoms. The maximum absolute atomic E-state index is 11.7. The first-order valence-corrected chi connectivity index (χ1v) is 5.15. The lowest BCUT2D eigenvalue weighted by molar-refractivity contribution is -0.133. The molecule has 4 nitrogen and oxygen atoms in total. The van der Waals surface area contributed by atoms with Crippen molar-refractivity contribution in [3.05, 3.63) is 29.6 Å². The summed E-state index contributed by atoms with van der Waals surface area (Å²) in [6.45, 7) is 3.09. The molecule has 1 unspecified atom stereocenters. The fraction of sp³-hybridized carbons (Fsp3) is 0.455. The molecular formula is C11H15N3O. The minimum atomic E-state index is -0.414. The number of aromatic nitrogens is 1. The van der Waals surface area contributed by atoms with Crippen LogP contribution in [0.4, 0.5) is 0 Å². The molecule has 2 rings (SSSR count). The third kappa shape index (κ3) is 1.99. The SMILES string of the molecule is CC(N)C(=O)N1CCc2ncccc2C1. The highest BCUT2D eigenvalue weighted by Crippen LogP contribution is 2.16. The molecule has 0 aliphatic carbocycles. The molecule has 2 N–H and O–H groups in total. The van der Waals surface area contributed by atoms with E-state index in [0.717, 1.165) is 24.2 Å². The van der Waals surface area contributed by atoms with E-state index >= 15 is 0 Å². The van der Waals surface area contributed by atoms with Crippen LogP contribution in [0.3, 0.4) is 0 Å². The Labute approximate surface area is 89.1 Å². The van der Waals surface area contributed by atoms with E-state index in [1.54, 1.807) is 18.0 Å². The van der Waals surface area contributed by atoms with Gasteiger partial charge in [0, 0.05) is 31.4 Å². The van der Waals surface area contributed by atoms with Gasteiger partial charge in [0.1, 0.15) is 0 Å². The smallest absolute Gasteiger partial charge is 0.239 e. The first kappa shape index (κ1) is 10.1. The van der Waals surface area contributed by atoms with Crippen molar-refractivity contribution < 1.29 is 4.79 Å². The summed E-state index contributed by atoms with van der Waals surface area (Å²) in [6.07, 6.45) is 2.62. The van der Waals surface area contributed by atoms with Gasteiger partial charge in [0.15, 0.2) is 0 Å². The van der Waals surface area contributed by atoms with Crippen LogP contribution >= 0.6 is 0 Å². The minimum absolute atomic E-state index is 0.0181. The van der Waals surface area contributed by atoms with Crippen LogP contribution in [-0.2, 0) is 17.8 Å². The predicted molar refractivity (Wildman–Crippen MR) is 57.0 cm³/mol. The van der Waals surface area contributed by atoms with E-state index in [9.17, 15) is 4.79 Å². The number of carbonyl (C=O) groups excluding carboxylic acids is 1. The van der Waals surface area contributed by atoms with E-state index < -0.39 is 6.04 Å². The van der Waals surface area contributed by atoms with Crippen molar-refractivity contribution >= 4 is 5.91 Å². The second-order valence-electron chi connectivity index (χ2n) is 3.91. The maximum Gasteiger partial charge on any atom is 0.239 e. The van der Waals surface area contributed by atoms with Gasteiger partial charge in [0.25, 0.3) is 0 Å². The molecule has 1 aliphatic rings. The van der Waals surface area contributed by atoms with Gasteiger partial charge in [-0.05, 0) is 18.6 Å². The van der Waals surface area contributed by atoms with Gasteiger partial charge in [-0.15, -0.1) is 0 Å². The zero-order chi connectivity index (χ0) is 10.8. The number of amides is 1. The lowest BCUT2D eigenvalue weighted by Gasteiger charge is -2.29. The summed E-state index contributed by atoms with van der Waals surface area (Å²) >= 11 is 0. The summed E-state index contributed by atoms with van der Waals surface area (Å²) in [5.41, 5.74) is 7.82. The number of rotatable bonds is 1. The summed E-state index contributed by atoms with van der Waals surface area (Å²) in [5.74, 6) is 0.0181. The highest BCUT2D eigenvalue weighted by molar-refractivity contribution is 5.81. The third-order valence-corrected chi connectivity index (χ3v) is 2.67. The molecule has 0 fully saturated rings. The Balaban J connectivity index is 2.15. The Hall–Kier alpha value is -1.42. The van der Waals surface area contributed by atoms with E-state index in [-0.39, 0.29) is 5.91 Å². The fourth-order valence-corrected chi connectivity index (χ4v) is 1.84. The Kier molecular flexibility index (Phi) is 2.68. The van der Waals surface area contributed by atoms with Gasteiger partial charge >= 0.3 is 0 Å². The van der Waals surface area contributed by atoms with Gasteiger partial charge in [0.2, 0.25) is 5.91 Å². The lowest BCUT2D eigenvalue weighted by Crippen LogP contribution is -2.44. The number of fused-ring (bicyclic) bond motifs is 1. The van der Waals surface area contributed by atoms with Crippen LogP contribution < -0.4 is 5.73 Å². The van der Waals surface area contributed by atoms with Crippen molar-refractivity contribution in [2.45, 2.75) is 25.9 Å². The summed E-state index contributed by atoms with van der Waals surface area (Å²) in [4.78, 5) is 17.8. The molecule has 0 radical (unpaired) electrons. The van der Waals surface area contributed by atoms with Crippen LogP contribution in [0.2, 0.25) is 0 Å². The van der Waals surface area contributed by atoms with Gasteiger partial charge in [0.05, 0.1) is 6.04 Å². The monoisotopic (exact) mass is 205 g/mol. The Morgan fingerprint density at radius 2 is 2.47 bits per heavy atom. The molecule has 0 saturated carbocycles. The molecule has 0 saturated heterocycles. The van der Waals surface area contributed by atoms with Crippen LogP contribution in [0.1, 0.15) is 18.2 Å². The van der Waals surface area contributed by atoms with E-state index in [1.165, 1.54) is 0 Å². The van der Waals surface area contributed by atoms with Crippen LogP contribution in [0.15, 0.2) is 18.3 Å². The molecular weight excluding hydrogens is 190 g/mol. The number of pyridine rings is 1. The average Bonchev–Trinajstić information content (AvgIpc) is 2.27. The molecule has 1 aliphatic heterocycles. The number of nitrogens with zero attached hydrogens (tertiary/aromatic N) is 2. The Morgan fingerprint density at radius 3 is 3.20 bits per heavy atom. The maximum atomic E-state index is 11.7. The number of nitrogens with two attached hydrogens (primary N) is 1. The Morgan fingerprint density at radius 1 is 1.67 bits per heavy atom. The van der Waals surface area contributed by atoms with Crippen molar-refractivity contribution in [2.75, 3.05) is 6.54 Å². The summed E-state index contributed by atoms with van der Waals surface area (Å²) < 4.78 is 0. The number of hydrogen-bond acceptors (Lipinski definition) is 3. The Bertz CT molecular complexity index is 376. The molecule has 1 aromatic heterocycles. The number of hydrogen-bond donors (Lipinski definition) is 1. The molecule has 80 valence electrons. The van der Waals surface area contributed by atoms with Gasteiger partial charge in [-0.3, -0.25) is 9.78 Å². The highest BCUT2D eigenvalue weighted by atomic mass is 16.2. The van der Waals surface area contributed by atoms with E-state index in [4.69, 9.17) is 5.73 Å². The zero-order valence-electron chi connectivity index (χ0n) is 8.81. The predicted octanol–water partition coefficient (Wildman–Crippen LogP) is 0.314. The first-order valence-electron chi connectivity index (χ1n) is 5.15. The highest BCUT2D eigenvalue weighted by Gasteiger charge is 2.22. The van der Waals surface area contributed by atoms with Gasteiger partial charge in [-0.1, -0.05) is 6.07 Å². The largest absolute Gasteiger partial charge is 0.337 e. The van der Waals surface area contributed by atoms with Crippen LogP contribution in [-0.4, -0.2) is 28.4 Å². The van der Waals surface area contributed by atoms with Crippen molar-refractivity contribution in [2.24, 2.45) is 5.73 Å². The molecule has 1 atom stereocenters. The number of carbonyl (C=O) groups is 1. The average molecular weight is 205 g/mol. The molecule has 1 amide bonds. The molecule has 15 heavy (non-hydrogen) atoms. The third-order valence-electron chi connectivity index (χ3n) is 2.67. The van der Waals surface area contributed by atoms with Crippen molar-refractivity contribution in [3.63, 3.8) is 0 Å². The molecule has 0 spiro atoms. The van der Waals surface area contributed by atoms with Gasteiger partial charge in [-0.2, -0.15) is 0 Å².